The van der Waals surface area contributed by atoms with Gasteiger partial charge in [0.15, 0.2) is 5.96 Å². The third kappa shape index (κ3) is 7.16. The highest BCUT2D eigenvalue weighted by atomic mass is 16.5. The third-order valence-corrected chi connectivity index (χ3v) is 9.50. The van der Waals surface area contributed by atoms with E-state index in [9.17, 15) is 0 Å². The van der Waals surface area contributed by atoms with Gasteiger partial charge in [-0.2, -0.15) is 0 Å². The SMILES string of the molecule is NC1=Nc2ccc(Oc3ccccc3)cc2CN1[C@@H](CCCN(Cc1ccoc1)C1CCCCC1)C1CCCCC1. The van der Waals surface area contributed by atoms with Crippen LogP contribution in [0.25, 0.3) is 0 Å². The van der Waals surface area contributed by atoms with Gasteiger partial charge in [-0.15, -0.1) is 0 Å². The lowest BCUT2D eigenvalue weighted by Gasteiger charge is -2.42. The van der Waals surface area contributed by atoms with Crippen molar-refractivity contribution in [3.05, 3.63) is 78.3 Å². The number of furan rings is 1. The maximum Gasteiger partial charge on any atom is 0.197 e. The summed E-state index contributed by atoms with van der Waals surface area (Å²) in [5.41, 5.74) is 10.2. The molecule has 0 radical (unpaired) electrons. The fraction of sp³-hybridized carbons (Fsp3) is 0.514. The molecular weight excluding hydrogens is 508 g/mol. The number of para-hydroxylation sites is 1. The van der Waals surface area contributed by atoms with Crippen LogP contribution in [0.1, 0.15) is 88.2 Å². The number of hydrogen-bond donors (Lipinski definition) is 1. The summed E-state index contributed by atoms with van der Waals surface area (Å²) in [6, 6.07) is 19.4. The Balaban J connectivity index is 1.17. The normalized spacial score (nSPS) is 19.1. The standard InChI is InChI=1S/C35H46N4O2/c36-35-37-33-19-18-32(41-31-15-8-3-9-16-31)23-29(33)25-39(35)34(28-11-4-1-5-12-28)17-10-21-38(24-27-20-22-40-26-27)30-13-6-2-7-14-30/h3,8-9,15-16,18-20,22-23,26,28,30,34H,1-2,4-7,10-14,17,21,24-25H2,(H2,36,37)/t34-/m0/s1. The molecule has 3 aromatic rings. The molecule has 3 aliphatic rings. The number of nitrogens with two attached hydrogens (primary N) is 1. The highest BCUT2D eigenvalue weighted by Gasteiger charge is 2.33. The van der Waals surface area contributed by atoms with Crippen LogP contribution in [-0.2, 0) is 13.1 Å². The Hall–Kier alpha value is -3.25. The third-order valence-electron chi connectivity index (χ3n) is 9.50. The first-order chi connectivity index (χ1) is 20.2. The lowest BCUT2D eigenvalue weighted by atomic mass is 9.81. The molecule has 2 aromatic carbocycles. The van der Waals surface area contributed by atoms with E-state index in [1.165, 1.54) is 81.8 Å². The zero-order valence-corrected chi connectivity index (χ0v) is 24.4. The number of fused-ring (bicyclic) bond motifs is 1. The van der Waals surface area contributed by atoms with Gasteiger partial charge in [0.25, 0.3) is 0 Å². The van der Waals surface area contributed by atoms with Crippen LogP contribution >= 0.6 is 0 Å². The first-order valence-corrected chi connectivity index (χ1v) is 15.9. The topological polar surface area (TPSA) is 67.2 Å². The predicted octanol–water partition coefficient (Wildman–Crippen LogP) is 8.40. The van der Waals surface area contributed by atoms with Crippen LogP contribution in [0.15, 0.2) is 76.5 Å². The van der Waals surface area contributed by atoms with Crippen molar-refractivity contribution in [3.8, 4) is 11.5 Å². The summed E-state index contributed by atoms with van der Waals surface area (Å²) in [7, 11) is 0. The molecule has 0 spiro atoms. The molecule has 2 heterocycles. The van der Waals surface area contributed by atoms with Crippen molar-refractivity contribution < 1.29 is 9.15 Å². The van der Waals surface area contributed by atoms with Crippen molar-refractivity contribution in [2.45, 2.75) is 102 Å². The minimum Gasteiger partial charge on any atom is -0.472 e. The number of rotatable bonds is 11. The molecule has 6 heteroatoms. The van der Waals surface area contributed by atoms with Crippen molar-refractivity contribution in [2.75, 3.05) is 6.54 Å². The molecular formula is C35H46N4O2. The summed E-state index contributed by atoms with van der Waals surface area (Å²) in [5, 5.41) is 0. The summed E-state index contributed by atoms with van der Waals surface area (Å²) in [5.74, 6) is 3.04. The van der Waals surface area contributed by atoms with Crippen LogP contribution in [0, 0.1) is 5.92 Å². The molecule has 6 rings (SSSR count). The lowest BCUT2D eigenvalue weighted by molar-refractivity contribution is 0.126. The fourth-order valence-corrected chi connectivity index (χ4v) is 7.35. The molecule has 1 aliphatic heterocycles. The molecule has 1 atom stereocenters. The minimum absolute atomic E-state index is 0.410. The van der Waals surface area contributed by atoms with Gasteiger partial charge in [-0.1, -0.05) is 56.7 Å². The second kappa shape index (κ2) is 13.6. The molecule has 0 bridgehead atoms. The van der Waals surface area contributed by atoms with Gasteiger partial charge in [-0.05, 0) is 87.4 Å². The smallest absolute Gasteiger partial charge is 0.197 e. The van der Waals surface area contributed by atoms with Gasteiger partial charge < -0.3 is 19.8 Å². The van der Waals surface area contributed by atoms with Crippen LogP contribution in [-0.4, -0.2) is 34.4 Å². The number of benzene rings is 2. The average Bonchev–Trinajstić information content (AvgIpc) is 3.53. The van der Waals surface area contributed by atoms with Crippen molar-refractivity contribution in [3.63, 3.8) is 0 Å². The number of ether oxygens (including phenoxy) is 1. The van der Waals surface area contributed by atoms with E-state index < -0.39 is 0 Å². The Kier molecular flexibility index (Phi) is 9.26. The number of aliphatic imine (C=N–C) groups is 1. The van der Waals surface area contributed by atoms with E-state index in [0.29, 0.717) is 24.0 Å². The molecule has 2 fully saturated rings. The van der Waals surface area contributed by atoms with E-state index in [2.05, 4.69) is 21.9 Å². The summed E-state index contributed by atoms with van der Waals surface area (Å²) < 4.78 is 11.6. The molecule has 1 aromatic heterocycles. The van der Waals surface area contributed by atoms with Crippen LogP contribution in [0.3, 0.4) is 0 Å². The molecule has 2 aliphatic carbocycles. The molecule has 6 nitrogen and oxygen atoms in total. The average molecular weight is 555 g/mol. The molecule has 0 amide bonds. The van der Waals surface area contributed by atoms with Gasteiger partial charge >= 0.3 is 0 Å². The Morgan fingerprint density at radius 1 is 0.927 bits per heavy atom. The summed E-state index contributed by atoms with van der Waals surface area (Å²) in [4.78, 5) is 10.1. The van der Waals surface area contributed by atoms with E-state index in [4.69, 9.17) is 19.9 Å². The van der Waals surface area contributed by atoms with Gasteiger partial charge in [0.1, 0.15) is 11.5 Å². The van der Waals surface area contributed by atoms with Gasteiger partial charge in [0.05, 0.1) is 18.2 Å². The van der Waals surface area contributed by atoms with Crippen LogP contribution in [0.4, 0.5) is 5.69 Å². The van der Waals surface area contributed by atoms with Crippen LogP contribution < -0.4 is 10.5 Å². The Morgan fingerprint density at radius 2 is 1.71 bits per heavy atom. The Labute approximate surface area is 245 Å². The molecule has 2 N–H and O–H groups in total. The van der Waals surface area contributed by atoms with E-state index in [1.807, 2.05) is 48.7 Å². The maximum absolute atomic E-state index is 6.73. The molecule has 2 saturated carbocycles. The quantitative estimate of drug-likeness (QED) is 0.258. The van der Waals surface area contributed by atoms with Crippen molar-refractivity contribution in [1.29, 1.82) is 0 Å². The summed E-state index contributed by atoms with van der Waals surface area (Å²) in [6.07, 6.45) is 19.4. The zero-order valence-electron chi connectivity index (χ0n) is 24.4. The fourth-order valence-electron chi connectivity index (χ4n) is 7.35. The minimum atomic E-state index is 0.410. The van der Waals surface area contributed by atoms with Crippen molar-refractivity contribution >= 4 is 11.6 Å². The van der Waals surface area contributed by atoms with E-state index in [0.717, 1.165) is 43.2 Å². The number of hydrogen-bond acceptors (Lipinski definition) is 6. The largest absolute Gasteiger partial charge is 0.472 e. The van der Waals surface area contributed by atoms with E-state index >= 15 is 0 Å². The molecule has 0 unspecified atom stereocenters. The second-order valence-electron chi connectivity index (χ2n) is 12.3. The Bertz CT molecular complexity index is 1250. The summed E-state index contributed by atoms with van der Waals surface area (Å²) in [6.45, 7) is 2.90. The summed E-state index contributed by atoms with van der Waals surface area (Å²) >= 11 is 0. The van der Waals surface area contributed by atoms with Crippen molar-refractivity contribution in [2.24, 2.45) is 16.6 Å². The first-order valence-electron chi connectivity index (χ1n) is 15.9. The molecule has 41 heavy (non-hydrogen) atoms. The van der Waals surface area contributed by atoms with Crippen molar-refractivity contribution in [1.82, 2.24) is 9.80 Å². The van der Waals surface area contributed by atoms with E-state index in [1.54, 1.807) is 6.26 Å². The van der Waals surface area contributed by atoms with Gasteiger partial charge in [0, 0.05) is 36.3 Å². The van der Waals surface area contributed by atoms with Crippen LogP contribution in [0.2, 0.25) is 0 Å². The van der Waals surface area contributed by atoms with Gasteiger partial charge in [-0.25, -0.2) is 4.99 Å². The maximum atomic E-state index is 6.73. The Morgan fingerprint density at radius 3 is 2.46 bits per heavy atom. The van der Waals surface area contributed by atoms with E-state index in [-0.39, 0.29) is 0 Å². The first kappa shape index (κ1) is 27.9. The number of guanidine groups is 1. The second-order valence-corrected chi connectivity index (χ2v) is 12.3. The predicted molar refractivity (Wildman–Crippen MR) is 165 cm³/mol. The molecule has 218 valence electrons. The number of nitrogens with zero attached hydrogens (tertiary/aromatic N) is 3. The molecule has 0 saturated heterocycles. The highest BCUT2D eigenvalue weighted by molar-refractivity contribution is 5.84. The highest BCUT2D eigenvalue weighted by Crippen LogP contribution is 2.37. The monoisotopic (exact) mass is 554 g/mol. The lowest BCUT2D eigenvalue weighted by Crippen LogP contribution is -2.49. The van der Waals surface area contributed by atoms with Gasteiger partial charge in [0.2, 0.25) is 0 Å². The van der Waals surface area contributed by atoms with Gasteiger partial charge in [-0.3, -0.25) is 4.90 Å². The van der Waals surface area contributed by atoms with Crippen LogP contribution in [0.5, 0.6) is 11.5 Å². The zero-order chi connectivity index (χ0) is 27.9.